The molecule has 6 rings (SSSR count). The van der Waals surface area contributed by atoms with E-state index in [0.29, 0.717) is 33.7 Å². The molecule has 0 saturated carbocycles. The van der Waals surface area contributed by atoms with Gasteiger partial charge in [0.05, 0.1) is 44.6 Å². The van der Waals surface area contributed by atoms with Crippen molar-refractivity contribution in [3.8, 4) is 22.8 Å². The molecule has 1 aliphatic heterocycles. The quantitative estimate of drug-likeness (QED) is 0.126. The fourth-order valence-corrected chi connectivity index (χ4v) is 9.00. The number of esters is 1. The standard InChI is InChI=1S/C54H64Cl2N8O9/c1-34-51(67)59-44(33-71-7)53(69)61(4)42(25-36-14-19-40(55)20-15-36)28-49(65)58-30-46(54(70)72-8)63(6)52(68)39(24-35-12-10-9-11-13-35)26-50(66)64(34)31-38-16-21-41(56)27-47(38)73-43-22-17-37(18-23-43)45-29-57-48(62(45)5)32-60(2)3/h9-23,27,29,34,39,42,44,46H,24-26,28,30-33H2,1-8H3,(H,58,65)(H,59,67)/t34-,39+,42-,44-,46+/m0/s1. The van der Waals surface area contributed by atoms with E-state index >= 15 is 4.79 Å². The van der Waals surface area contributed by atoms with Crippen LogP contribution in [0.3, 0.4) is 0 Å². The zero-order valence-electron chi connectivity index (χ0n) is 42.5. The third kappa shape index (κ3) is 14.7. The van der Waals surface area contributed by atoms with Gasteiger partial charge in [0.25, 0.3) is 0 Å². The number of imidazole rings is 1. The summed E-state index contributed by atoms with van der Waals surface area (Å²) < 4.78 is 19.1. The van der Waals surface area contributed by atoms with Crippen molar-refractivity contribution in [2.45, 2.75) is 69.9 Å². The highest BCUT2D eigenvalue weighted by atomic mass is 35.5. The second-order valence-electron chi connectivity index (χ2n) is 18.5. The highest BCUT2D eigenvalue weighted by Gasteiger charge is 2.38. The normalized spacial score (nSPS) is 19.8. The Morgan fingerprint density at radius 3 is 2.14 bits per heavy atom. The molecule has 1 aliphatic rings. The van der Waals surface area contributed by atoms with Crippen molar-refractivity contribution in [1.82, 2.24) is 39.8 Å². The number of rotatable bonds is 14. The molecule has 1 saturated heterocycles. The van der Waals surface area contributed by atoms with E-state index in [1.165, 1.54) is 49.9 Å². The zero-order chi connectivity index (χ0) is 52.9. The Balaban J connectivity index is 1.40. The van der Waals surface area contributed by atoms with E-state index in [-0.39, 0.29) is 39.0 Å². The van der Waals surface area contributed by atoms with Gasteiger partial charge in [0.1, 0.15) is 35.4 Å². The lowest BCUT2D eigenvalue weighted by Crippen LogP contribution is -2.58. The summed E-state index contributed by atoms with van der Waals surface area (Å²) in [6, 6.07) is 23.8. The molecule has 5 amide bonds. The highest BCUT2D eigenvalue weighted by Crippen LogP contribution is 2.33. The van der Waals surface area contributed by atoms with E-state index < -0.39 is 72.0 Å². The van der Waals surface area contributed by atoms with E-state index in [0.717, 1.165) is 28.2 Å². The van der Waals surface area contributed by atoms with Crippen LogP contribution in [-0.4, -0.2) is 144 Å². The van der Waals surface area contributed by atoms with Gasteiger partial charge in [-0.05, 0) is 93.5 Å². The molecule has 0 aliphatic carbocycles. The van der Waals surface area contributed by atoms with Gasteiger partial charge in [0, 0.05) is 74.9 Å². The first kappa shape index (κ1) is 55.5. The van der Waals surface area contributed by atoms with Gasteiger partial charge >= 0.3 is 5.97 Å². The number of carbonyl (C=O) groups excluding carboxylic acids is 6. The third-order valence-corrected chi connectivity index (χ3v) is 13.5. The van der Waals surface area contributed by atoms with E-state index in [9.17, 15) is 24.0 Å². The molecule has 388 valence electrons. The van der Waals surface area contributed by atoms with E-state index in [1.54, 1.807) is 42.5 Å². The maximum Gasteiger partial charge on any atom is 0.330 e. The van der Waals surface area contributed by atoms with Crippen molar-refractivity contribution in [2.24, 2.45) is 13.0 Å². The predicted octanol–water partition coefficient (Wildman–Crippen LogP) is 5.93. The molecule has 19 heteroatoms. The van der Waals surface area contributed by atoms with Gasteiger partial charge in [-0.25, -0.2) is 9.78 Å². The summed E-state index contributed by atoms with van der Waals surface area (Å²) in [6.45, 7) is 1.42. The van der Waals surface area contributed by atoms with Crippen LogP contribution in [0, 0.1) is 5.92 Å². The number of nitrogens with zero attached hydrogens (tertiary/aromatic N) is 6. The average Bonchev–Trinajstić information content (AvgIpc) is 3.73. The largest absolute Gasteiger partial charge is 0.467 e. The number of carbonyl (C=O) groups is 6. The summed E-state index contributed by atoms with van der Waals surface area (Å²) in [5.74, 6) is -3.17. The SMILES string of the molecule is COC[C@@H]1NC(=O)[C@H](C)N(Cc2ccc(Cl)cc2Oc2ccc(-c3cnc(CN(C)C)n3C)cc2)C(=O)C[C@@H](Cc2ccccc2)C(=O)N(C)[C@@H](C(=O)OC)CNC(=O)C[C@H](Cc2ccc(Cl)cc2)N(C)C1=O. The monoisotopic (exact) mass is 1040 g/mol. The summed E-state index contributed by atoms with van der Waals surface area (Å²) in [4.78, 5) is 96.9. The first-order valence-corrected chi connectivity index (χ1v) is 24.6. The second kappa shape index (κ2) is 25.7. The van der Waals surface area contributed by atoms with Crippen molar-refractivity contribution in [2.75, 3.05) is 55.6 Å². The topological polar surface area (TPSA) is 185 Å². The number of ether oxygens (including phenoxy) is 3. The number of likely N-dealkylation sites (N-methyl/N-ethyl adjacent to an activating group) is 2. The van der Waals surface area contributed by atoms with Gasteiger partial charge in [0.2, 0.25) is 29.5 Å². The lowest BCUT2D eigenvalue weighted by atomic mass is 9.93. The molecule has 5 atom stereocenters. The van der Waals surface area contributed by atoms with Crippen molar-refractivity contribution in [3.63, 3.8) is 0 Å². The number of halogens is 2. The van der Waals surface area contributed by atoms with Gasteiger partial charge < -0.3 is 49.0 Å². The zero-order valence-corrected chi connectivity index (χ0v) is 44.0. The maximum absolute atomic E-state index is 15.1. The Morgan fingerprint density at radius 2 is 1.48 bits per heavy atom. The maximum atomic E-state index is 15.1. The molecule has 5 aromatic rings. The van der Waals surface area contributed by atoms with Crippen LogP contribution in [0.2, 0.25) is 10.0 Å². The molecule has 2 heterocycles. The number of hydrogen-bond donors (Lipinski definition) is 2. The minimum Gasteiger partial charge on any atom is -0.467 e. The van der Waals surface area contributed by atoms with Gasteiger partial charge in [0.15, 0.2) is 0 Å². The van der Waals surface area contributed by atoms with Crippen LogP contribution in [0.4, 0.5) is 0 Å². The number of benzene rings is 4. The van der Waals surface area contributed by atoms with Crippen molar-refractivity contribution >= 4 is 58.7 Å². The van der Waals surface area contributed by atoms with Crippen LogP contribution in [0.25, 0.3) is 11.3 Å². The summed E-state index contributed by atoms with van der Waals surface area (Å²) in [5.41, 5.74) is 3.80. The molecular weight excluding hydrogens is 976 g/mol. The molecule has 0 bridgehead atoms. The minimum atomic E-state index is -1.30. The van der Waals surface area contributed by atoms with Crippen LogP contribution in [-0.2, 0) is 71.2 Å². The number of amides is 5. The van der Waals surface area contributed by atoms with Gasteiger partial charge in [-0.2, -0.15) is 0 Å². The average molecular weight is 1040 g/mol. The smallest absolute Gasteiger partial charge is 0.330 e. The number of methoxy groups -OCH3 is 2. The highest BCUT2D eigenvalue weighted by molar-refractivity contribution is 6.31. The van der Waals surface area contributed by atoms with Crippen molar-refractivity contribution < 1.29 is 43.0 Å². The molecule has 0 spiro atoms. The summed E-state index contributed by atoms with van der Waals surface area (Å²) in [6.07, 6.45) is 1.46. The lowest BCUT2D eigenvalue weighted by molar-refractivity contribution is -0.154. The summed E-state index contributed by atoms with van der Waals surface area (Å²) in [7, 11) is 11.4. The van der Waals surface area contributed by atoms with Crippen LogP contribution >= 0.6 is 23.2 Å². The lowest BCUT2D eigenvalue weighted by Gasteiger charge is -2.35. The molecule has 4 aromatic carbocycles. The predicted molar refractivity (Wildman–Crippen MR) is 278 cm³/mol. The van der Waals surface area contributed by atoms with Gasteiger partial charge in [-0.1, -0.05) is 71.7 Å². The molecule has 17 nitrogen and oxygen atoms in total. The summed E-state index contributed by atoms with van der Waals surface area (Å²) in [5, 5.41) is 6.45. The van der Waals surface area contributed by atoms with E-state index in [1.807, 2.05) is 91.4 Å². The Hall–Kier alpha value is -6.79. The summed E-state index contributed by atoms with van der Waals surface area (Å²) >= 11 is 12.8. The fourth-order valence-electron chi connectivity index (χ4n) is 8.71. The number of nitrogens with one attached hydrogen (secondary N) is 2. The molecule has 1 fully saturated rings. The van der Waals surface area contributed by atoms with Crippen molar-refractivity contribution in [1.29, 1.82) is 0 Å². The van der Waals surface area contributed by atoms with Crippen molar-refractivity contribution in [3.05, 3.63) is 136 Å². The molecule has 1 aromatic heterocycles. The Bertz CT molecular complexity index is 2720. The Labute approximate surface area is 436 Å². The molecule has 0 radical (unpaired) electrons. The van der Waals surface area contributed by atoms with E-state index in [4.69, 9.17) is 37.4 Å². The first-order chi connectivity index (χ1) is 34.9. The fraction of sp³-hybridized carbons (Fsp3) is 0.389. The van der Waals surface area contributed by atoms with E-state index in [2.05, 4.69) is 15.6 Å². The molecule has 2 N–H and O–H groups in total. The molecular formula is C54H64Cl2N8O9. The second-order valence-corrected chi connectivity index (χ2v) is 19.3. The van der Waals surface area contributed by atoms with Gasteiger partial charge in [-0.15, -0.1) is 0 Å². The number of hydrogen-bond acceptors (Lipinski definition) is 11. The Kier molecular flexibility index (Phi) is 19.6. The number of aromatic nitrogens is 2. The molecule has 0 unspecified atom stereocenters. The third-order valence-electron chi connectivity index (χ3n) is 13.0. The first-order valence-electron chi connectivity index (χ1n) is 23.8. The van der Waals surface area contributed by atoms with Crippen LogP contribution in [0.15, 0.2) is 103 Å². The van der Waals surface area contributed by atoms with Gasteiger partial charge in [-0.3, -0.25) is 24.0 Å². The van der Waals surface area contributed by atoms with Crippen LogP contribution < -0.4 is 15.4 Å². The van der Waals surface area contributed by atoms with Crippen LogP contribution in [0.1, 0.15) is 42.3 Å². The minimum absolute atomic E-state index is 0.0780. The Morgan fingerprint density at radius 1 is 0.808 bits per heavy atom. The molecule has 73 heavy (non-hydrogen) atoms. The van der Waals surface area contributed by atoms with Crippen LogP contribution in [0.5, 0.6) is 11.5 Å².